The van der Waals surface area contributed by atoms with Gasteiger partial charge < -0.3 is 5.73 Å². The molecular formula is C13H25N. The van der Waals surface area contributed by atoms with E-state index in [1.54, 1.807) is 0 Å². The molecule has 0 aromatic carbocycles. The standard InChI is InChI=1S/C13H25N/c1-4-13(2,3)12(14)11-9-7-5-6-8-10-11/h9,12H,4-8,10,14H2,1-3H3. The predicted octanol–water partition coefficient (Wildman–Crippen LogP) is 3.64. The Balaban J connectivity index is 2.66. The van der Waals surface area contributed by atoms with Gasteiger partial charge in [0.05, 0.1) is 0 Å². The predicted molar refractivity (Wildman–Crippen MR) is 63.2 cm³/mol. The van der Waals surface area contributed by atoms with Gasteiger partial charge in [0.25, 0.3) is 0 Å². The van der Waals surface area contributed by atoms with Crippen LogP contribution >= 0.6 is 0 Å². The highest BCUT2D eigenvalue weighted by molar-refractivity contribution is 5.14. The average molecular weight is 195 g/mol. The quantitative estimate of drug-likeness (QED) is 0.684. The van der Waals surface area contributed by atoms with Crippen LogP contribution in [0.3, 0.4) is 0 Å². The fourth-order valence-electron chi connectivity index (χ4n) is 2.04. The third kappa shape index (κ3) is 2.84. The summed E-state index contributed by atoms with van der Waals surface area (Å²) in [4.78, 5) is 0. The number of allylic oxidation sites excluding steroid dienone is 1. The number of hydrogen-bond donors (Lipinski definition) is 1. The zero-order valence-corrected chi connectivity index (χ0v) is 9.97. The molecule has 1 atom stereocenters. The minimum Gasteiger partial charge on any atom is -0.324 e. The van der Waals surface area contributed by atoms with Gasteiger partial charge in [-0.05, 0) is 37.5 Å². The Bertz CT molecular complexity index is 203. The first-order valence-corrected chi connectivity index (χ1v) is 6.02. The van der Waals surface area contributed by atoms with Crippen LogP contribution in [0.15, 0.2) is 11.6 Å². The third-order valence-corrected chi connectivity index (χ3v) is 3.73. The van der Waals surface area contributed by atoms with Gasteiger partial charge in [-0.2, -0.15) is 0 Å². The van der Waals surface area contributed by atoms with Crippen molar-refractivity contribution in [1.82, 2.24) is 0 Å². The molecule has 0 bridgehead atoms. The molecule has 1 aliphatic carbocycles. The molecule has 0 saturated heterocycles. The summed E-state index contributed by atoms with van der Waals surface area (Å²) in [7, 11) is 0. The molecule has 14 heavy (non-hydrogen) atoms. The second-order valence-corrected chi connectivity index (χ2v) is 5.20. The summed E-state index contributed by atoms with van der Waals surface area (Å²) in [6.45, 7) is 6.80. The molecule has 0 amide bonds. The molecule has 0 radical (unpaired) electrons. The van der Waals surface area contributed by atoms with E-state index in [-0.39, 0.29) is 11.5 Å². The van der Waals surface area contributed by atoms with Crippen LogP contribution in [0, 0.1) is 5.41 Å². The van der Waals surface area contributed by atoms with Crippen LogP contribution in [0.1, 0.15) is 59.3 Å². The molecule has 0 fully saturated rings. The van der Waals surface area contributed by atoms with E-state index in [1.807, 2.05) is 0 Å². The van der Waals surface area contributed by atoms with Gasteiger partial charge in [-0.25, -0.2) is 0 Å². The Morgan fingerprint density at radius 3 is 2.71 bits per heavy atom. The van der Waals surface area contributed by atoms with E-state index in [9.17, 15) is 0 Å². The van der Waals surface area contributed by atoms with Crippen LogP contribution < -0.4 is 5.73 Å². The Labute approximate surface area is 88.8 Å². The molecular weight excluding hydrogens is 170 g/mol. The molecule has 0 heterocycles. The highest BCUT2D eigenvalue weighted by Crippen LogP contribution is 2.31. The van der Waals surface area contributed by atoms with Gasteiger partial charge in [0, 0.05) is 6.04 Å². The van der Waals surface area contributed by atoms with Crippen molar-refractivity contribution >= 4 is 0 Å². The topological polar surface area (TPSA) is 26.0 Å². The lowest BCUT2D eigenvalue weighted by atomic mass is 9.77. The number of nitrogens with two attached hydrogens (primary N) is 1. The molecule has 0 aliphatic heterocycles. The maximum atomic E-state index is 6.34. The Hall–Kier alpha value is -0.300. The van der Waals surface area contributed by atoms with E-state index in [2.05, 4.69) is 26.8 Å². The molecule has 1 aliphatic rings. The van der Waals surface area contributed by atoms with Crippen LogP contribution in [0.4, 0.5) is 0 Å². The SMILES string of the molecule is CCC(C)(C)C(N)C1=CCCCCC1. The monoisotopic (exact) mass is 195 g/mol. The lowest BCUT2D eigenvalue weighted by Gasteiger charge is -2.32. The summed E-state index contributed by atoms with van der Waals surface area (Å²) in [5.74, 6) is 0. The fourth-order valence-corrected chi connectivity index (χ4v) is 2.04. The molecule has 0 aromatic heterocycles. The third-order valence-electron chi connectivity index (χ3n) is 3.73. The first-order valence-electron chi connectivity index (χ1n) is 6.02. The molecule has 82 valence electrons. The minimum atomic E-state index is 0.260. The van der Waals surface area contributed by atoms with Gasteiger partial charge in [-0.3, -0.25) is 0 Å². The van der Waals surface area contributed by atoms with Crippen molar-refractivity contribution in [1.29, 1.82) is 0 Å². The van der Waals surface area contributed by atoms with Crippen molar-refractivity contribution < 1.29 is 0 Å². The second kappa shape index (κ2) is 4.97. The summed E-state index contributed by atoms with van der Waals surface area (Å²) < 4.78 is 0. The van der Waals surface area contributed by atoms with Gasteiger partial charge in [-0.1, -0.05) is 38.8 Å². The maximum Gasteiger partial charge on any atom is 0.0305 e. The van der Waals surface area contributed by atoms with Crippen molar-refractivity contribution in [2.24, 2.45) is 11.1 Å². The number of hydrogen-bond acceptors (Lipinski definition) is 1. The normalized spacial score (nSPS) is 21.3. The van der Waals surface area contributed by atoms with Gasteiger partial charge in [-0.15, -0.1) is 0 Å². The van der Waals surface area contributed by atoms with Crippen molar-refractivity contribution in [3.63, 3.8) is 0 Å². The van der Waals surface area contributed by atoms with E-state index >= 15 is 0 Å². The van der Waals surface area contributed by atoms with Gasteiger partial charge in [0.1, 0.15) is 0 Å². The molecule has 1 heteroatoms. The van der Waals surface area contributed by atoms with E-state index < -0.39 is 0 Å². The molecule has 0 spiro atoms. The molecule has 0 saturated carbocycles. The van der Waals surface area contributed by atoms with E-state index in [4.69, 9.17) is 5.73 Å². The smallest absolute Gasteiger partial charge is 0.0305 e. The minimum absolute atomic E-state index is 0.260. The summed E-state index contributed by atoms with van der Waals surface area (Å²) >= 11 is 0. The Kier molecular flexibility index (Phi) is 4.18. The van der Waals surface area contributed by atoms with Crippen LogP contribution in [0.5, 0.6) is 0 Å². The van der Waals surface area contributed by atoms with Gasteiger partial charge in [0.15, 0.2) is 0 Å². The van der Waals surface area contributed by atoms with Gasteiger partial charge >= 0.3 is 0 Å². The summed E-state index contributed by atoms with van der Waals surface area (Å²) in [5.41, 5.74) is 8.11. The van der Waals surface area contributed by atoms with Crippen LogP contribution in [-0.2, 0) is 0 Å². The lowest BCUT2D eigenvalue weighted by Crippen LogP contribution is -2.38. The Morgan fingerprint density at radius 2 is 2.07 bits per heavy atom. The second-order valence-electron chi connectivity index (χ2n) is 5.20. The van der Waals surface area contributed by atoms with Crippen LogP contribution in [-0.4, -0.2) is 6.04 Å². The van der Waals surface area contributed by atoms with Crippen LogP contribution in [0.2, 0.25) is 0 Å². The first kappa shape index (κ1) is 11.8. The molecule has 1 unspecified atom stereocenters. The highest BCUT2D eigenvalue weighted by atomic mass is 14.7. The van der Waals surface area contributed by atoms with Crippen molar-refractivity contribution in [3.05, 3.63) is 11.6 Å². The zero-order chi connectivity index (χ0) is 10.6. The van der Waals surface area contributed by atoms with Gasteiger partial charge in [0.2, 0.25) is 0 Å². The first-order chi connectivity index (χ1) is 6.58. The molecule has 1 rings (SSSR count). The zero-order valence-electron chi connectivity index (χ0n) is 9.97. The largest absolute Gasteiger partial charge is 0.324 e. The Morgan fingerprint density at radius 1 is 1.36 bits per heavy atom. The fraction of sp³-hybridized carbons (Fsp3) is 0.846. The summed E-state index contributed by atoms with van der Waals surface area (Å²) in [5, 5.41) is 0. The molecule has 2 N–H and O–H groups in total. The summed E-state index contributed by atoms with van der Waals surface area (Å²) in [6.07, 6.45) is 10.1. The van der Waals surface area contributed by atoms with E-state index in [0.717, 1.165) is 6.42 Å². The highest BCUT2D eigenvalue weighted by Gasteiger charge is 2.27. The van der Waals surface area contributed by atoms with Crippen molar-refractivity contribution in [2.75, 3.05) is 0 Å². The summed E-state index contributed by atoms with van der Waals surface area (Å²) in [6, 6.07) is 0.269. The lowest BCUT2D eigenvalue weighted by molar-refractivity contribution is 0.297. The van der Waals surface area contributed by atoms with E-state index in [0.29, 0.717) is 0 Å². The van der Waals surface area contributed by atoms with Crippen molar-refractivity contribution in [3.8, 4) is 0 Å². The van der Waals surface area contributed by atoms with E-state index in [1.165, 1.54) is 37.7 Å². The van der Waals surface area contributed by atoms with Crippen LogP contribution in [0.25, 0.3) is 0 Å². The molecule has 0 aromatic rings. The molecule has 1 nitrogen and oxygen atoms in total. The van der Waals surface area contributed by atoms with Crippen molar-refractivity contribution in [2.45, 2.75) is 65.3 Å². The average Bonchev–Trinajstić information content (AvgIpc) is 2.44. The number of rotatable bonds is 3. The maximum absolute atomic E-state index is 6.34.